The molecule has 9 heteroatoms. The molecule has 4 aromatic rings. The average Bonchev–Trinajstić information content (AvgIpc) is 3.30. The van der Waals surface area contributed by atoms with Crippen molar-refractivity contribution in [3.05, 3.63) is 106 Å². The molecule has 0 fully saturated rings. The molecule has 0 aliphatic heterocycles. The number of carboxylic acid groups (broad SMARTS) is 2. The third kappa shape index (κ3) is 8.01. The van der Waals surface area contributed by atoms with Crippen molar-refractivity contribution in [1.82, 2.24) is 4.57 Å². The van der Waals surface area contributed by atoms with Gasteiger partial charge in [0.1, 0.15) is 25.5 Å². The normalized spacial score (nSPS) is 11.5. The number of nitrogens with zero attached hydrogens (tertiary/aromatic N) is 1. The topological polar surface area (TPSA) is 98.0 Å². The summed E-state index contributed by atoms with van der Waals surface area (Å²) in [6, 6.07) is 16.2. The van der Waals surface area contributed by atoms with Crippen LogP contribution in [0.25, 0.3) is 23.1 Å². The zero-order chi connectivity index (χ0) is 30.1. The highest BCUT2D eigenvalue weighted by molar-refractivity contribution is 6.32. The largest absolute Gasteiger partial charge is 0.490 e. The van der Waals surface area contributed by atoms with E-state index in [0.717, 1.165) is 33.2 Å². The number of hydrogen-bond donors (Lipinski definition) is 2. The third-order valence-electron chi connectivity index (χ3n) is 6.57. The van der Waals surface area contributed by atoms with Crippen molar-refractivity contribution in [2.45, 2.75) is 32.7 Å². The fraction of sp³-hybridized carbons (Fsp3) is 0.212. The molecule has 0 saturated carbocycles. The molecule has 0 radical (unpaired) electrons. The van der Waals surface area contributed by atoms with Crippen molar-refractivity contribution in [3.8, 4) is 11.5 Å². The molecule has 0 aliphatic rings. The molecule has 218 valence electrons. The van der Waals surface area contributed by atoms with Gasteiger partial charge in [0.25, 0.3) is 0 Å². The fourth-order valence-corrected chi connectivity index (χ4v) is 4.74. The lowest BCUT2D eigenvalue weighted by atomic mass is 10.0. The molecule has 0 amide bonds. The maximum Gasteiger partial charge on any atom is 0.323 e. The Kier molecular flexibility index (Phi) is 10.4. The molecule has 1 aromatic heterocycles. The van der Waals surface area contributed by atoms with Crippen molar-refractivity contribution in [2.24, 2.45) is 0 Å². The molecule has 42 heavy (non-hydrogen) atoms. The molecule has 0 saturated heterocycles. The molecular formula is C33H31ClFNO6. The van der Waals surface area contributed by atoms with Crippen LogP contribution >= 0.6 is 11.6 Å². The predicted octanol–water partition coefficient (Wildman–Crippen LogP) is 7.42. The Morgan fingerprint density at radius 2 is 1.69 bits per heavy atom. The van der Waals surface area contributed by atoms with Crippen LogP contribution in [-0.2, 0) is 22.6 Å². The van der Waals surface area contributed by atoms with Crippen LogP contribution in [0.5, 0.6) is 11.5 Å². The number of benzene rings is 3. The predicted molar refractivity (Wildman–Crippen MR) is 162 cm³/mol. The van der Waals surface area contributed by atoms with E-state index in [4.69, 9.17) is 26.2 Å². The van der Waals surface area contributed by atoms with E-state index in [0.29, 0.717) is 25.2 Å². The minimum atomic E-state index is -0.953. The van der Waals surface area contributed by atoms with Gasteiger partial charge in [-0.25, -0.2) is 4.39 Å². The summed E-state index contributed by atoms with van der Waals surface area (Å²) in [5.74, 6) is -1.60. The first-order chi connectivity index (χ1) is 20.2. The Morgan fingerprint density at radius 3 is 2.40 bits per heavy atom. The minimum Gasteiger partial charge on any atom is -0.490 e. The number of carbonyl (C=O) groups is 2. The summed E-state index contributed by atoms with van der Waals surface area (Å²) >= 11 is 6.11. The van der Waals surface area contributed by atoms with Crippen molar-refractivity contribution < 1.29 is 33.7 Å². The molecule has 3 aromatic carbocycles. The van der Waals surface area contributed by atoms with Gasteiger partial charge in [0, 0.05) is 18.0 Å². The summed E-state index contributed by atoms with van der Waals surface area (Å²) in [6.45, 7) is 2.05. The smallest absolute Gasteiger partial charge is 0.323 e. The van der Waals surface area contributed by atoms with E-state index in [-0.39, 0.29) is 30.3 Å². The molecule has 4 rings (SSSR count). The Balaban J connectivity index is 1.37. The van der Waals surface area contributed by atoms with Crippen molar-refractivity contribution in [1.29, 1.82) is 0 Å². The molecule has 0 atom stereocenters. The van der Waals surface area contributed by atoms with Crippen LogP contribution in [-0.4, -0.2) is 39.9 Å². The standard InChI is InChI=1S/C33H31ClFNO6/c1-22-10-17-28(35)33(31(22)34)42-19-3-2-18-41-26-15-12-23(13-16-26)11-14-24-6-4-8-27-25(7-5-9-29(37)38)20-36(32(24)27)21-30(39)40/h2-4,6,8,10-17,20H,5,7,9,18-19,21H2,1H3,(H,37,38)(H,39,40)/b3-2+,14-11?. The number of aromatic nitrogens is 1. The van der Waals surface area contributed by atoms with E-state index < -0.39 is 17.8 Å². The monoisotopic (exact) mass is 591 g/mol. The summed E-state index contributed by atoms with van der Waals surface area (Å²) < 4.78 is 26.8. The highest BCUT2D eigenvalue weighted by atomic mass is 35.5. The first kappa shape index (κ1) is 30.4. The number of hydrogen-bond acceptors (Lipinski definition) is 4. The maximum absolute atomic E-state index is 13.9. The Morgan fingerprint density at radius 1 is 0.952 bits per heavy atom. The van der Waals surface area contributed by atoms with Crippen LogP contribution in [0, 0.1) is 12.7 Å². The number of ether oxygens (including phenoxy) is 2. The van der Waals surface area contributed by atoms with E-state index in [1.165, 1.54) is 6.07 Å². The first-order valence-corrected chi connectivity index (χ1v) is 13.8. The molecule has 7 nitrogen and oxygen atoms in total. The summed E-state index contributed by atoms with van der Waals surface area (Å²) in [7, 11) is 0. The van der Waals surface area contributed by atoms with Crippen molar-refractivity contribution in [3.63, 3.8) is 0 Å². The lowest BCUT2D eigenvalue weighted by molar-refractivity contribution is -0.138. The van der Waals surface area contributed by atoms with Crippen LogP contribution < -0.4 is 9.47 Å². The molecule has 0 unspecified atom stereocenters. The molecule has 0 aliphatic carbocycles. The minimum absolute atomic E-state index is 0.0355. The zero-order valence-corrected chi connectivity index (χ0v) is 23.8. The number of para-hydroxylation sites is 1. The van der Waals surface area contributed by atoms with E-state index >= 15 is 0 Å². The van der Waals surface area contributed by atoms with Gasteiger partial charge in [-0.3, -0.25) is 9.59 Å². The first-order valence-electron chi connectivity index (χ1n) is 13.4. The van der Waals surface area contributed by atoms with E-state index in [9.17, 15) is 19.1 Å². The third-order valence-corrected chi connectivity index (χ3v) is 7.04. The molecular weight excluding hydrogens is 561 g/mol. The van der Waals surface area contributed by atoms with Gasteiger partial charge >= 0.3 is 11.9 Å². The second-order valence-electron chi connectivity index (χ2n) is 9.67. The van der Waals surface area contributed by atoms with E-state index in [1.54, 1.807) is 35.9 Å². The van der Waals surface area contributed by atoms with E-state index in [1.807, 2.05) is 54.6 Å². The Bertz CT molecular complexity index is 1620. The SMILES string of the molecule is Cc1ccc(F)c(OC/C=C/COc2ccc(C=Cc3cccc4c(CCCC(=O)O)cn(CC(=O)O)c34)cc2)c1Cl. The van der Waals surface area contributed by atoms with Crippen LogP contribution in [0.15, 0.2) is 72.9 Å². The molecule has 1 heterocycles. The Labute approximate surface area is 248 Å². The number of fused-ring (bicyclic) bond motifs is 1. The number of aryl methyl sites for hydroxylation is 2. The lowest BCUT2D eigenvalue weighted by Crippen LogP contribution is -2.07. The van der Waals surface area contributed by atoms with Gasteiger partial charge in [0.15, 0.2) is 11.6 Å². The van der Waals surface area contributed by atoms with E-state index in [2.05, 4.69) is 0 Å². The number of halogens is 2. The maximum atomic E-state index is 13.9. The summed E-state index contributed by atoms with van der Waals surface area (Å²) in [5.41, 5.74) is 4.25. The van der Waals surface area contributed by atoms with Gasteiger partial charge in [0.2, 0.25) is 0 Å². The summed E-state index contributed by atoms with van der Waals surface area (Å²) in [6.07, 6.45) is 10.3. The summed E-state index contributed by atoms with van der Waals surface area (Å²) in [5, 5.41) is 19.6. The molecule has 0 spiro atoms. The quantitative estimate of drug-likeness (QED) is 0.117. The fourth-order valence-electron chi connectivity index (χ4n) is 4.53. The zero-order valence-electron chi connectivity index (χ0n) is 23.1. The highest BCUT2D eigenvalue weighted by Crippen LogP contribution is 2.31. The van der Waals surface area contributed by atoms with Crippen LogP contribution in [0.1, 0.15) is 35.1 Å². The number of aliphatic carboxylic acids is 2. The number of rotatable bonds is 14. The average molecular weight is 592 g/mol. The number of carboxylic acids is 2. The van der Waals surface area contributed by atoms with Gasteiger partial charge in [-0.15, -0.1) is 0 Å². The second-order valence-corrected chi connectivity index (χ2v) is 10.0. The van der Waals surface area contributed by atoms with Gasteiger partial charge in [-0.2, -0.15) is 0 Å². The van der Waals surface area contributed by atoms with Crippen molar-refractivity contribution >= 4 is 46.6 Å². The summed E-state index contributed by atoms with van der Waals surface area (Å²) in [4.78, 5) is 22.5. The van der Waals surface area contributed by atoms with Gasteiger partial charge in [-0.05, 0) is 72.4 Å². The van der Waals surface area contributed by atoms with Gasteiger partial charge in [0.05, 0.1) is 10.5 Å². The molecule has 2 N–H and O–H groups in total. The molecule has 0 bridgehead atoms. The second kappa shape index (κ2) is 14.4. The van der Waals surface area contributed by atoms with Gasteiger partial charge < -0.3 is 24.3 Å². The lowest BCUT2D eigenvalue weighted by Gasteiger charge is -2.09. The van der Waals surface area contributed by atoms with Crippen LogP contribution in [0.2, 0.25) is 5.02 Å². The van der Waals surface area contributed by atoms with Crippen LogP contribution in [0.4, 0.5) is 4.39 Å². The van der Waals surface area contributed by atoms with Crippen LogP contribution in [0.3, 0.4) is 0 Å². The van der Waals surface area contributed by atoms with Gasteiger partial charge in [-0.1, -0.05) is 60.2 Å². The Hall–Kier alpha value is -4.56. The van der Waals surface area contributed by atoms with Crippen molar-refractivity contribution in [2.75, 3.05) is 13.2 Å². The highest BCUT2D eigenvalue weighted by Gasteiger charge is 2.14.